The number of nitrogens with one attached hydrogen (secondary N) is 1. The zero-order chi connectivity index (χ0) is 22.0. The first-order valence-corrected chi connectivity index (χ1v) is 9.72. The number of likely N-dealkylation sites (N-methyl/N-ethyl adjacent to an activating group) is 1. The van der Waals surface area contributed by atoms with Crippen LogP contribution in [0.2, 0.25) is 0 Å². The molecule has 0 aliphatic heterocycles. The van der Waals surface area contributed by atoms with E-state index in [9.17, 15) is 14.0 Å². The maximum Gasteiger partial charge on any atom is 0.232 e. The highest BCUT2D eigenvalue weighted by Crippen LogP contribution is 2.32. The van der Waals surface area contributed by atoms with Gasteiger partial charge in [0.25, 0.3) is 0 Å². The van der Waals surface area contributed by atoms with Gasteiger partial charge < -0.3 is 14.6 Å². The minimum absolute atomic E-state index is 0.111. The molecule has 1 heterocycles. The molecule has 1 atom stereocenters. The molecule has 0 aliphatic rings. The van der Waals surface area contributed by atoms with E-state index in [-0.39, 0.29) is 18.1 Å². The van der Waals surface area contributed by atoms with Gasteiger partial charge in [0.2, 0.25) is 17.5 Å². The highest BCUT2D eigenvalue weighted by Gasteiger charge is 2.21. The van der Waals surface area contributed by atoms with Gasteiger partial charge in [-0.15, -0.1) is 0 Å². The largest absolute Gasteiger partial charge is 0.419 e. The van der Waals surface area contributed by atoms with Crippen molar-refractivity contribution in [2.75, 3.05) is 26.0 Å². The number of hydrogen-bond acceptors (Lipinski definition) is 5. The van der Waals surface area contributed by atoms with Crippen molar-refractivity contribution < 1.29 is 13.2 Å². The van der Waals surface area contributed by atoms with Crippen molar-refractivity contribution in [2.45, 2.75) is 6.04 Å². The minimum atomic E-state index is -0.631. The predicted molar refractivity (Wildman–Crippen MR) is 115 cm³/mol. The van der Waals surface area contributed by atoms with E-state index in [1.165, 1.54) is 12.1 Å². The summed E-state index contributed by atoms with van der Waals surface area (Å²) in [6.45, 7) is 0.231. The van der Waals surface area contributed by atoms with Crippen LogP contribution in [0.1, 0.15) is 17.3 Å². The topological polar surface area (TPSA) is 65.1 Å². The molecule has 156 valence electrons. The highest BCUT2D eigenvalue weighted by atomic mass is 19.1. The Balaban J connectivity index is 1.64. The Labute approximate surface area is 178 Å². The van der Waals surface area contributed by atoms with Gasteiger partial charge in [0.1, 0.15) is 17.7 Å². The maximum absolute atomic E-state index is 14.3. The fraction of sp³-hybridized carbons (Fsp3) is 0.167. The van der Waals surface area contributed by atoms with Crippen molar-refractivity contribution in [3.8, 4) is 17.5 Å². The van der Waals surface area contributed by atoms with Gasteiger partial charge in [-0.2, -0.15) is 10.2 Å². The Morgan fingerprint density at radius 3 is 2.61 bits per heavy atom. The van der Waals surface area contributed by atoms with E-state index in [1.807, 2.05) is 48.5 Å². The summed E-state index contributed by atoms with van der Waals surface area (Å²) in [7, 11) is 3.59. The lowest BCUT2D eigenvalue weighted by Crippen LogP contribution is -2.27. The highest BCUT2D eigenvalue weighted by molar-refractivity contribution is 5.94. The van der Waals surface area contributed by atoms with Gasteiger partial charge in [-0.25, -0.2) is 8.78 Å². The first-order valence-electron chi connectivity index (χ1n) is 9.72. The molecule has 0 saturated carbocycles. The molecule has 7 heteroatoms. The summed E-state index contributed by atoms with van der Waals surface area (Å²) in [6, 6.07) is 18.7. The number of oxazole rings is 1. The van der Waals surface area contributed by atoms with Crippen LogP contribution < -0.4 is 5.32 Å². The molecule has 0 bridgehead atoms. The monoisotopic (exact) mass is 418 g/mol. The van der Waals surface area contributed by atoms with E-state index < -0.39 is 17.7 Å². The normalized spacial score (nSPS) is 12.1. The van der Waals surface area contributed by atoms with Crippen LogP contribution in [-0.4, -0.2) is 30.5 Å². The quantitative estimate of drug-likeness (QED) is 0.457. The molecule has 0 amide bonds. The summed E-state index contributed by atoms with van der Waals surface area (Å²) in [6.07, 6.45) is 0. The lowest BCUT2D eigenvalue weighted by atomic mass is 10.0. The Kier molecular flexibility index (Phi) is 5.65. The molecule has 4 rings (SSSR count). The van der Waals surface area contributed by atoms with Crippen molar-refractivity contribution in [3.05, 3.63) is 83.6 Å². The molecular weight excluding hydrogens is 398 g/mol. The Hall–Kier alpha value is -3.76. The molecule has 0 unspecified atom stereocenters. The summed E-state index contributed by atoms with van der Waals surface area (Å²) in [5, 5.41) is 14.6. The van der Waals surface area contributed by atoms with Crippen LogP contribution in [-0.2, 0) is 0 Å². The molecule has 0 saturated heterocycles. The van der Waals surface area contributed by atoms with Crippen molar-refractivity contribution in [1.29, 1.82) is 5.26 Å². The number of halogens is 2. The summed E-state index contributed by atoms with van der Waals surface area (Å²) < 4.78 is 33.5. The number of nitriles is 1. The lowest BCUT2D eigenvalue weighted by Gasteiger charge is -2.25. The van der Waals surface area contributed by atoms with Gasteiger partial charge in [0.15, 0.2) is 0 Å². The lowest BCUT2D eigenvalue weighted by molar-refractivity contribution is 0.302. The molecule has 0 aliphatic carbocycles. The number of benzene rings is 3. The standard InChI is InChI=1S/C24H20F2N4O/c1-30(2)22(19-11-10-16(25)12-20(19)26)14-28-24-21(13-27)29-23(31-24)18-9-5-7-15-6-3-4-8-17(15)18/h3-12,22,28H,14H2,1-2H3/t22-/m1/s1. The molecule has 31 heavy (non-hydrogen) atoms. The smallest absolute Gasteiger partial charge is 0.232 e. The molecule has 0 radical (unpaired) electrons. The van der Waals surface area contributed by atoms with Crippen LogP contribution in [0.3, 0.4) is 0 Å². The van der Waals surface area contributed by atoms with Crippen LogP contribution in [0.5, 0.6) is 0 Å². The van der Waals surface area contributed by atoms with Crippen molar-refractivity contribution >= 4 is 16.7 Å². The Bertz CT molecular complexity index is 1270. The van der Waals surface area contributed by atoms with Crippen LogP contribution in [0.15, 0.2) is 65.1 Å². The number of anilines is 1. The third-order valence-electron chi connectivity index (χ3n) is 5.15. The van der Waals surface area contributed by atoms with Gasteiger partial charge in [-0.05, 0) is 37.0 Å². The molecular formula is C24H20F2N4O. The van der Waals surface area contributed by atoms with Crippen molar-refractivity contribution in [2.24, 2.45) is 0 Å². The summed E-state index contributed by atoms with van der Waals surface area (Å²) in [5.41, 5.74) is 1.22. The van der Waals surface area contributed by atoms with Crippen LogP contribution in [0, 0.1) is 23.0 Å². The summed E-state index contributed by atoms with van der Waals surface area (Å²) in [5.74, 6) is -0.728. The van der Waals surface area contributed by atoms with E-state index in [0.717, 1.165) is 22.4 Å². The van der Waals surface area contributed by atoms with Crippen LogP contribution in [0.4, 0.5) is 14.7 Å². The molecule has 5 nitrogen and oxygen atoms in total. The summed E-state index contributed by atoms with van der Waals surface area (Å²) >= 11 is 0. The van der Waals surface area contributed by atoms with Crippen molar-refractivity contribution in [3.63, 3.8) is 0 Å². The molecule has 1 aromatic heterocycles. The summed E-state index contributed by atoms with van der Waals surface area (Å²) in [4.78, 5) is 6.15. The second-order valence-electron chi connectivity index (χ2n) is 7.36. The molecule has 3 aromatic carbocycles. The number of fused-ring (bicyclic) bond motifs is 1. The predicted octanol–water partition coefficient (Wildman–Crippen LogP) is 5.36. The molecule has 0 spiro atoms. The zero-order valence-electron chi connectivity index (χ0n) is 17.1. The first kappa shape index (κ1) is 20.5. The number of aromatic nitrogens is 1. The minimum Gasteiger partial charge on any atom is -0.419 e. The number of nitrogens with zero attached hydrogens (tertiary/aromatic N) is 3. The molecule has 0 fully saturated rings. The van der Waals surface area contributed by atoms with E-state index in [1.54, 1.807) is 19.0 Å². The fourth-order valence-corrected chi connectivity index (χ4v) is 3.57. The van der Waals surface area contributed by atoms with Gasteiger partial charge >= 0.3 is 0 Å². The van der Waals surface area contributed by atoms with Gasteiger partial charge in [0, 0.05) is 23.7 Å². The SMILES string of the molecule is CN(C)[C@H](CNc1oc(-c2cccc3ccccc23)nc1C#N)c1ccc(F)cc1F. The molecule has 1 N–H and O–H groups in total. The van der Waals surface area contributed by atoms with Gasteiger partial charge in [-0.1, -0.05) is 42.5 Å². The van der Waals surface area contributed by atoms with Gasteiger partial charge in [-0.3, -0.25) is 0 Å². The Morgan fingerprint density at radius 2 is 1.87 bits per heavy atom. The number of rotatable bonds is 6. The second-order valence-corrected chi connectivity index (χ2v) is 7.36. The van der Waals surface area contributed by atoms with Crippen molar-refractivity contribution in [1.82, 2.24) is 9.88 Å². The van der Waals surface area contributed by atoms with E-state index in [0.29, 0.717) is 11.5 Å². The van der Waals surface area contributed by atoms with Crippen LogP contribution >= 0.6 is 0 Å². The average molecular weight is 418 g/mol. The maximum atomic E-state index is 14.3. The van der Waals surface area contributed by atoms with E-state index in [4.69, 9.17) is 4.42 Å². The van der Waals surface area contributed by atoms with Crippen LogP contribution in [0.25, 0.3) is 22.2 Å². The third-order valence-corrected chi connectivity index (χ3v) is 5.15. The van der Waals surface area contributed by atoms with E-state index >= 15 is 0 Å². The average Bonchev–Trinajstić information content (AvgIpc) is 3.17. The zero-order valence-corrected chi connectivity index (χ0v) is 17.1. The van der Waals surface area contributed by atoms with Gasteiger partial charge in [0.05, 0.1) is 6.04 Å². The Morgan fingerprint density at radius 1 is 1.10 bits per heavy atom. The second kappa shape index (κ2) is 8.54. The molecule has 4 aromatic rings. The fourth-order valence-electron chi connectivity index (χ4n) is 3.57. The van der Waals surface area contributed by atoms with E-state index in [2.05, 4.69) is 10.3 Å². The number of hydrogen-bond donors (Lipinski definition) is 1. The third kappa shape index (κ3) is 4.11. The first-order chi connectivity index (χ1) is 15.0.